The second kappa shape index (κ2) is 6.67. The lowest BCUT2D eigenvalue weighted by atomic mass is 9.99. The molecule has 3 rings (SSSR count). The molecule has 0 bridgehead atoms. The lowest BCUT2D eigenvalue weighted by Crippen LogP contribution is -2.03. The van der Waals surface area contributed by atoms with Crippen molar-refractivity contribution in [2.75, 3.05) is 0 Å². The van der Waals surface area contributed by atoms with Crippen molar-refractivity contribution in [1.82, 2.24) is 0 Å². The molecule has 120 valence electrons. The number of thiophene rings is 1. The highest BCUT2D eigenvalue weighted by atomic mass is 32.1. The van der Waals surface area contributed by atoms with Gasteiger partial charge in [0.2, 0.25) is 0 Å². The van der Waals surface area contributed by atoms with Crippen LogP contribution in [-0.2, 0) is 4.84 Å². The first-order valence-electron chi connectivity index (χ1n) is 7.95. The zero-order chi connectivity index (χ0) is 16.4. The van der Waals surface area contributed by atoms with Crippen LogP contribution < -0.4 is 0 Å². The van der Waals surface area contributed by atoms with Gasteiger partial charge in [-0.1, -0.05) is 49.3 Å². The van der Waals surface area contributed by atoms with Crippen LogP contribution in [0.3, 0.4) is 0 Å². The smallest absolute Gasteiger partial charge is 0.312 e. The normalized spacial score (nSPS) is 20.6. The number of hydrogen-bond donors (Lipinski definition) is 0. The number of carbonyl (C=O) groups is 1. The van der Waals surface area contributed by atoms with E-state index in [1.165, 1.54) is 22.5 Å². The molecule has 4 heteroatoms. The molecule has 2 atom stereocenters. The topological polar surface area (TPSA) is 38.7 Å². The molecule has 3 nitrogen and oxygen atoms in total. The maximum Gasteiger partial charge on any atom is 0.375 e. The molecule has 0 spiro atoms. The van der Waals surface area contributed by atoms with Crippen LogP contribution in [0.15, 0.2) is 46.9 Å². The van der Waals surface area contributed by atoms with Crippen LogP contribution in [0, 0.1) is 5.92 Å². The van der Waals surface area contributed by atoms with Gasteiger partial charge in [0.15, 0.2) is 0 Å². The van der Waals surface area contributed by atoms with Gasteiger partial charge in [-0.3, -0.25) is 0 Å². The maximum atomic E-state index is 11.8. The molecule has 1 heterocycles. The van der Waals surface area contributed by atoms with E-state index in [0.717, 1.165) is 12.1 Å². The summed E-state index contributed by atoms with van der Waals surface area (Å²) < 4.78 is 0. The molecule has 0 unspecified atom stereocenters. The number of hydrogen-bond acceptors (Lipinski definition) is 4. The predicted octanol–water partition coefficient (Wildman–Crippen LogP) is 5.21. The summed E-state index contributed by atoms with van der Waals surface area (Å²) in [5, 5.41) is 5.89. The molecule has 23 heavy (non-hydrogen) atoms. The zero-order valence-corrected chi connectivity index (χ0v) is 14.5. The van der Waals surface area contributed by atoms with E-state index in [1.807, 2.05) is 18.4 Å². The van der Waals surface area contributed by atoms with E-state index in [0.29, 0.717) is 22.6 Å². The van der Waals surface area contributed by atoms with Crippen LogP contribution in [0.1, 0.15) is 59.8 Å². The Balaban J connectivity index is 1.59. The molecule has 0 aliphatic heterocycles. The largest absolute Gasteiger partial charge is 0.375 e. The summed E-state index contributed by atoms with van der Waals surface area (Å²) in [7, 11) is 0. The number of nitrogens with zero attached hydrogens (tertiary/aromatic N) is 1. The summed E-state index contributed by atoms with van der Waals surface area (Å²) >= 11 is 1.36. The first kappa shape index (κ1) is 15.9. The van der Waals surface area contributed by atoms with E-state index in [4.69, 9.17) is 4.84 Å². The SMILES string of the molecule is C/C(=N/OC(=O)c1cccs1)[C@H]1C[C@H]1c1ccc(C(C)C)cc1. The van der Waals surface area contributed by atoms with Crippen molar-refractivity contribution >= 4 is 23.0 Å². The maximum absolute atomic E-state index is 11.8. The van der Waals surface area contributed by atoms with Crippen molar-refractivity contribution in [3.63, 3.8) is 0 Å². The standard InChI is InChI=1S/C19H21NO2S/c1-12(2)14-6-8-15(9-7-14)17-11-16(17)13(3)20-22-19(21)18-5-4-10-23-18/h4-10,12,16-17H,11H2,1-3H3/b20-13-/t16-,17+/m1/s1. The van der Waals surface area contributed by atoms with Crippen molar-refractivity contribution < 1.29 is 9.63 Å². The summed E-state index contributed by atoms with van der Waals surface area (Å²) in [5.41, 5.74) is 3.60. The third-order valence-electron chi connectivity index (χ3n) is 4.35. The number of benzene rings is 1. The lowest BCUT2D eigenvalue weighted by molar-refractivity contribution is 0.0520. The quantitative estimate of drug-likeness (QED) is 0.430. The Morgan fingerprint density at radius 3 is 2.61 bits per heavy atom. The third-order valence-corrected chi connectivity index (χ3v) is 5.20. The number of carbonyl (C=O) groups excluding carboxylic acids is 1. The van der Waals surface area contributed by atoms with Gasteiger partial charge in [0.1, 0.15) is 4.88 Å². The van der Waals surface area contributed by atoms with Gasteiger partial charge in [-0.05, 0) is 47.8 Å². The van der Waals surface area contributed by atoms with Gasteiger partial charge in [-0.25, -0.2) is 4.79 Å². The van der Waals surface area contributed by atoms with Gasteiger partial charge >= 0.3 is 5.97 Å². The molecule has 1 aliphatic rings. The summed E-state index contributed by atoms with van der Waals surface area (Å²) in [6.45, 7) is 6.34. The van der Waals surface area contributed by atoms with Crippen molar-refractivity contribution in [1.29, 1.82) is 0 Å². The van der Waals surface area contributed by atoms with E-state index >= 15 is 0 Å². The first-order valence-corrected chi connectivity index (χ1v) is 8.83. The highest BCUT2D eigenvalue weighted by Gasteiger charge is 2.40. The van der Waals surface area contributed by atoms with E-state index < -0.39 is 0 Å². The Morgan fingerprint density at radius 2 is 2.00 bits per heavy atom. The van der Waals surface area contributed by atoms with Crippen LogP contribution in [0.2, 0.25) is 0 Å². The van der Waals surface area contributed by atoms with Gasteiger partial charge in [-0.2, -0.15) is 0 Å². The van der Waals surface area contributed by atoms with Crippen LogP contribution in [0.5, 0.6) is 0 Å². The number of rotatable bonds is 5. The molecule has 0 radical (unpaired) electrons. The highest BCUT2D eigenvalue weighted by molar-refractivity contribution is 7.11. The van der Waals surface area contributed by atoms with Gasteiger partial charge in [0.05, 0.1) is 5.71 Å². The van der Waals surface area contributed by atoms with Crippen LogP contribution >= 0.6 is 11.3 Å². The molecular formula is C19H21NO2S. The fraction of sp³-hybridized carbons (Fsp3) is 0.368. The molecule has 1 aliphatic carbocycles. The Kier molecular flexibility index (Phi) is 4.62. The second-order valence-electron chi connectivity index (χ2n) is 6.36. The molecular weight excluding hydrogens is 306 g/mol. The summed E-state index contributed by atoms with van der Waals surface area (Å²) in [6, 6.07) is 12.4. The summed E-state index contributed by atoms with van der Waals surface area (Å²) in [5.74, 6) is 1.06. The Labute approximate surface area is 141 Å². The predicted molar refractivity (Wildman–Crippen MR) is 94.2 cm³/mol. The summed E-state index contributed by atoms with van der Waals surface area (Å²) in [4.78, 5) is 17.4. The molecule has 0 amide bonds. The second-order valence-corrected chi connectivity index (χ2v) is 7.31. The molecule has 1 aromatic carbocycles. The third kappa shape index (κ3) is 3.70. The number of oxime groups is 1. The van der Waals surface area contributed by atoms with Gasteiger partial charge in [0.25, 0.3) is 0 Å². The fourth-order valence-electron chi connectivity index (χ4n) is 2.77. The average Bonchev–Trinajstić information content (AvgIpc) is 3.17. The van der Waals surface area contributed by atoms with Gasteiger partial charge in [0, 0.05) is 5.92 Å². The molecule has 0 saturated heterocycles. The van der Waals surface area contributed by atoms with E-state index in [-0.39, 0.29) is 5.97 Å². The van der Waals surface area contributed by atoms with Crippen molar-refractivity contribution in [2.24, 2.45) is 11.1 Å². The molecule has 1 saturated carbocycles. The Bertz CT molecular complexity index is 701. The fourth-order valence-corrected chi connectivity index (χ4v) is 3.37. The van der Waals surface area contributed by atoms with E-state index in [1.54, 1.807) is 6.07 Å². The molecule has 0 N–H and O–H groups in total. The molecule has 2 aromatic rings. The lowest BCUT2D eigenvalue weighted by Gasteiger charge is -2.06. The Morgan fingerprint density at radius 1 is 1.26 bits per heavy atom. The van der Waals surface area contributed by atoms with Crippen LogP contribution in [-0.4, -0.2) is 11.7 Å². The van der Waals surface area contributed by atoms with E-state index in [9.17, 15) is 4.79 Å². The first-order chi connectivity index (χ1) is 11.1. The molecule has 1 fully saturated rings. The van der Waals surface area contributed by atoms with Gasteiger partial charge < -0.3 is 4.84 Å². The van der Waals surface area contributed by atoms with Crippen LogP contribution in [0.4, 0.5) is 0 Å². The minimum absolute atomic E-state index is 0.377. The zero-order valence-electron chi connectivity index (χ0n) is 13.7. The molecule has 1 aromatic heterocycles. The van der Waals surface area contributed by atoms with Crippen molar-refractivity contribution in [3.05, 3.63) is 57.8 Å². The average molecular weight is 327 g/mol. The minimum Gasteiger partial charge on any atom is -0.312 e. The van der Waals surface area contributed by atoms with Crippen molar-refractivity contribution in [2.45, 2.75) is 39.0 Å². The van der Waals surface area contributed by atoms with Gasteiger partial charge in [-0.15, -0.1) is 11.3 Å². The highest BCUT2D eigenvalue weighted by Crippen LogP contribution is 2.48. The Hall–Kier alpha value is -1.94. The monoisotopic (exact) mass is 327 g/mol. The summed E-state index contributed by atoms with van der Waals surface area (Å²) in [6.07, 6.45) is 1.08. The minimum atomic E-state index is -0.377. The van der Waals surface area contributed by atoms with Crippen molar-refractivity contribution in [3.8, 4) is 0 Å². The van der Waals surface area contributed by atoms with E-state index in [2.05, 4.69) is 43.3 Å². The van der Waals surface area contributed by atoms with Crippen LogP contribution in [0.25, 0.3) is 0 Å².